The fourth-order valence-corrected chi connectivity index (χ4v) is 2.52. The van der Waals surface area contributed by atoms with Gasteiger partial charge in [0, 0.05) is 13.1 Å². The number of nitrogens with two attached hydrogens (primary N) is 1. The van der Waals surface area contributed by atoms with Gasteiger partial charge in [-0.1, -0.05) is 0 Å². The third-order valence-corrected chi connectivity index (χ3v) is 3.95. The van der Waals surface area contributed by atoms with Crippen LogP contribution in [0.2, 0.25) is 0 Å². The molecule has 1 aliphatic heterocycles. The molecule has 1 aromatic rings. The summed E-state index contributed by atoms with van der Waals surface area (Å²) in [5.41, 5.74) is 0. The van der Waals surface area contributed by atoms with Crippen LogP contribution in [0.15, 0.2) is 17.0 Å². The predicted octanol–water partition coefficient (Wildman–Crippen LogP) is 0.322. The molecule has 1 heterocycles. The van der Waals surface area contributed by atoms with E-state index < -0.39 is 32.3 Å². The molecule has 0 bridgehead atoms. The minimum Gasteiger partial charge on any atom is -0.485 e. The lowest BCUT2D eigenvalue weighted by Crippen LogP contribution is -2.42. The molecule has 9 heteroatoms. The van der Waals surface area contributed by atoms with Crippen LogP contribution in [0.4, 0.5) is 8.78 Å². The van der Waals surface area contributed by atoms with E-state index in [1.807, 2.05) is 11.9 Å². The maximum atomic E-state index is 13.7. The summed E-state index contributed by atoms with van der Waals surface area (Å²) in [5, 5.41) is 4.82. The lowest BCUT2D eigenvalue weighted by molar-refractivity contribution is -0.0413. The van der Waals surface area contributed by atoms with E-state index in [0.717, 1.165) is 6.54 Å². The Kier molecular flexibility index (Phi) is 4.77. The van der Waals surface area contributed by atoms with Crippen molar-refractivity contribution >= 4 is 10.0 Å². The molecule has 1 saturated heterocycles. The average Bonchev–Trinajstić information content (AvgIpc) is 2.36. The quantitative estimate of drug-likeness (QED) is 0.863. The first-order chi connectivity index (χ1) is 9.77. The number of morpholine rings is 1. The maximum Gasteiger partial charge on any atom is 0.238 e. The van der Waals surface area contributed by atoms with Crippen molar-refractivity contribution in [3.05, 3.63) is 23.8 Å². The Bertz CT molecular complexity index is 601. The summed E-state index contributed by atoms with van der Waals surface area (Å²) in [7, 11) is -2.27. The van der Waals surface area contributed by atoms with Gasteiger partial charge in [0.15, 0.2) is 17.4 Å². The summed E-state index contributed by atoms with van der Waals surface area (Å²) in [4.78, 5) is 1.37. The molecule has 0 radical (unpaired) electrons. The first-order valence-electron chi connectivity index (χ1n) is 6.22. The molecule has 1 aliphatic rings. The summed E-state index contributed by atoms with van der Waals surface area (Å²) < 4.78 is 60.1. The van der Waals surface area contributed by atoms with Crippen molar-refractivity contribution < 1.29 is 26.7 Å². The number of hydrogen-bond donors (Lipinski definition) is 1. The second kappa shape index (κ2) is 6.22. The highest BCUT2D eigenvalue weighted by atomic mass is 32.2. The van der Waals surface area contributed by atoms with Crippen LogP contribution in [0, 0.1) is 11.6 Å². The first kappa shape index (κ1) is 16.1. The van der Waals surface area contributed by atoms with Crippen molar-refractivity contribution in [3.63, 3.8) is 0 Å². The Hall–Kier alpha value is -1.29. The number of benzene rings is 1. The standard InChI is InChI=1S/C12H16F2N2O4S/c1-16-2-3-19-8(6-16)7-20-12-10(13)4-9(5-11(12)14)21(15,17)18/h4-5,8H,2-3,6-7H2,1H3,(H2,15,17,18). The zero-order valence-corrected chi connectivity index (χ0v) is 12.2. The Morgan fingerprint density at radius 2 is 2.05 bits per heavy atom. The molecule has 2 rings (SSSR count). The van der Waals surface area contributed by atoms with Crippen LogP contribution >= 0.6 is 0 Å². The van der Waals surface area contributed by atoms with Gasteiger partial charge in [-0.15, -0.1) is 0 Å². The van der Waals surface area contributed by atoms with Gasteiger partial charge in [-0.3, -0.25) is 0 Å². The number of nitrogens with zero attached hydrogens (tertiary/aromatic N) is 1. The molecule has 1 aromatic carbocycles. The molecule has 21 heavy (non-hydrogen) atoms. The number of ether oxygens (including phenoxy) is 2. The second-order valence-corrected chi connectivity index (χ2v) is 6.39. The summed E-state index contributed by atoms with van der Waals surface area (Å²) >= 11 is 0. The maximum absolute atomic E-state index is 13.7. The van der Waals surface area contributed by atoms with Crippen molar-refractivity contribution in [1.82, 2.24) is 4.90 Å². The number of hydrogen-bond acceptors (Lipinski definition) is 5. The normalized spacial score (nSPS) is 20.5. The van der Waals surface area contributed by atoms with Gasteiger partial charge in [-0.25, -0.2) is 22.3 Å². The molecule has 0 aliphatic carbocycles. The zero-order chi connectivity index (χ0) is 15.6. The van der Waals surface area contributed by atoms with Crippen LogP contribution in [-0.2, 0) is 14.8 Å². The number of primary sulfonamides is 1. The van der Waals surface area contributed by atoms with Gasteiger partial charge in [0.05, 0.1) is 11.5 Å². The van der Waals surface area contributed by atoms with Crippen molar-refractivity contribution in [3.8, 4) is 5.75 Å². The Morgan fingerprint density at radius 3 is 2.57 bits per heavy atom. The summed E-state index contributed by atoms with van der Waals surface area (Å²) in [6.07, 6.45) is -0.305. The van der Waals surface area contributed by atoms with Crippen molar-refractivity contribution in [2.45, 2.75) is 11.0 Å². The van der Waals surface area contributed by atoms with Crippen molar-refractivity contribution in [2.24, 2.45) is 5.14 Å². The number of likely N-dealkylation sites (N-methyl/N-ethyl adjacent to an activating group) is 1. The zero-order valence-electron chi connectivity index (χ0n) is 11.4. The molecule has 0 saturated carbocycles. The Morgan fingerprint density at radius 1 is 1.43 bits per heavy atom. The lowest BCUT2D eigenvalue weighted by Gasteiger charge is -2.29. The van der Waals surface area contributed by atoms with E-state index in [4.69, 9.17) is 14.6 Å². The Labute approximate surface area is 121 Å². The van der Waals surface area contributed by atoms with Gasteiger partial charge in [0.1, 0.15) is 12.7 Å². The molecule has 118 valence electrons. The monoisotopic (exact) mass is 322 g/mol. The van der Waals surface area contributed by atoms with E-state index in [1.54, 1.807) is 0 Å². The highest BCUT2D eigenvalue weighted by Gasteiger charge is 2.22. The van der Waals surface area contributed by atoms with E-state index in [-0.39, 0.29) is 12.7 Å². The average molecular weight is 322 g/mol. The number of sulfonamides is 1. The topological polar surface area (TPSA) is 81.9 Å². The van der Waals surface area contributed by atoms with E-state index in [0.29, 0.717) is 25.3 Å². The third-order valence-electron chi connectivity index (χ3n) is 3.06. The lowest BCUT2D eigenvalue weighted by atomic mass is 10.3. The SMILES string of the molecule is CN1CCOC(COc2c(F)cc(S(N)(=O)=O)cc2F)C1. The Balaban J connectivity index is 2.10. The molecule has 0 amide bonds. The van der Waals surface area contributed by atoms with Crippen LogP contribution in [-0.4, -0.2) is 52.8 Å². The first-order valence-corrected chi connectivity index (χ1v) is 7.77. The molecule has 0 aromatic heterocycles. The van der Waals surface area contributed by atoms with Gasteiger partial charge >= 0.3 is 0 Å². The van der Waals surface area contributed by atoms with Crippen LogP contribution < -0.4 is 9.88 Å². The van der Waals surface area contributed by atoms with E-state index >= 15 is 0 Å². The van der Waals surface area contributed by atoms with Gasteiger partial charge in [0.2, 0.25) is 10.0 Å². The van der Waals surface area contributed by atoms with Gasteiger partial charge in [-0.05, 0) is 19.2 Å². The second-order valence-electron chi connectivity index (χ2n) is 4.83. The fourth-order valence-electron chi connectivity index (χ4n) is 1.98. The number of rotatable bonds is 4. The van der Waals surface area contributed by atoms with Crippen LogP contribution in [0.5, 0.6) is 5.75 Å². The molecule has 1 atom stereocenters. The largest absolute Gasteiger partial charge is 0.485 e. The molecule has 1 unspecified atom stereocenters. The minimum atomic E-state index is -4.17. The van der Waals surface area contributed by atoms with Gasteiger partial charge in [0.25, 0.3) is 0 Å². The van der Waals surface area contributed by atoms with Crippen molar-refractivity contribution in [1.29, 1.82) is 0 Å². The molecule has 6 nitrogen and oxygen atoms in total. The fraction of sp³-hybridized carbons (Fsp3) is 0.500. The molecule has 1 fully saturated rings. The van der Waals surface area contributed by atoms with Crippen LogP contribution in [0.3, 0.4) is 0 Å². The van der Waals surface area contributed by atoms with E-state index in [2.05, 4.69) is 0 Å². The van der Waals surface area contributed by atoms with Crippen LogP contribution in [0.1, 0.15) is 0 Å². The molecular formula is C12H16F2N2O4S. The van der Waals surface area contributed by atoms with Gasteiger partial charge in [-0.2, -0.15) is 0 Å². The van der Waals surface area contributed by atoms with Crippen molar-refractivity contribution in [2.75, 3.05) is 33.4 Å². The molecule has 2 N–H and O–H groups in total. The highest BCUT2D eigenvalue weighted by Crippen LogP contribution is 2.25. The molecule has 0 spiro atoms. The predicted molar refractivity (Wildman–Crippen MR) is 70.5 cm³/mol. The summed E-state index contributed by atoms with van der Waals surface area (Å²) in [5.74, 6) is -2.88. The number of halogens is 2. The third kappa shape index (κ3) is 4.10. The molecular weight excluding hydrogens is 306 g/mol. The summed E-state index contributed by atoms with van der Waals surface area (Å²) in [6.45, 7) is 1.84. The minimum absolute atomic E-state index is 0.0348. The smallest absolute Gasteiger partial charge is 0.238 e. The highest BCUT2D eigenvalue weighted by molar-refractivity contribution is 7.89. The van der Waals surface area contributed by atoms with E-state index in [9.17, 15) is 17.2 Å². The van der Waals surface area contributed by atoms with Gasteiger partial charge < -0.3 is 14.4 Å². The van der Waals surface area contributed by atoms with E-state index in [1.165, 1.54) is 0 Å². The van der Waals surface area contributed by atoms with Crippen LogP contribution in [0.25, 0.3) is 0 Å². The summed E-state index contributed by atoms with van der Waals surface area (Å²) in [6, 6.07) is 1.25.